The molecule has 0 radical (unpaired) electrons. The summed E-state index contributed by atoms with van der Waals surface area (Å²) in [6, 6.07) is 7.47. The molecule has 0 saturated heterocycles. The summed E-state index contributed by atoms with van der Waals surface area (Å²) < 4.78 is 18.3. The summed E-state index contributed by atoms with van der Waals surface area (Å²) in [5, 5.41) is 3.00. The number of hydrogen-bond donors (Lipinski definition) is 1. The summed E-state index contributed by atoms with van der Waals surface area (Å²) in [6.45, 7) is 3.35. The van der Waals surface area contributed by atoms with E-state index in [1.807, 2.05) is 24.3 Å². The zero-order chi connectivity index (χ0) is 10.6. The first kappa shape index (κ1) is 10.8. The molecule has 2 nitrogen and oxygen atoms in total. The second-order valence-corrected chi connectivity index (χ2v) is 3.77. The molecule has 78 valence electrons. The second kappa shape index (κ2) is 4.31. The quantitative estimate of drug-likeness (QED) is 0.801. The van der Waals surface area contributed by atoms with E-state index in [1.165, 1.54) is 13.8 Å². The van der Waals surface area contributed by atoms with E-state index in [9.17, 15) is 4.39 Å². The molecule has 0 amide bonds. The molecule has 14 heavy (non-hydrogen) atoms. The lowest BCUT2D eigenvalue weighted by molar-refractivity contribution is 0.235. The van der Waals surface area contributed by atoms with Gasteiger partial charge in [0, 0.05) is 6.54 Å². The molecule has 1 N–H and O–H groups in total. The molecule has 0 bridgehead atoms. The van der Waals surface area contributed by atoms with Crippen LogP contribution in [-0.2, 0) is 0 Å². The standard InChI is InChI=1S/C11H16FNO/c1-11(2,12)8-13-9-6-4-5-7-10(9)14-3/h4-7,13H,8H2,1-3H3. The fourth-order valence-corrected chi connectivity index (χ4v) is 1.10. The number of halogens is 1. The average molecular weight is 197 g/mol. The van der Waals surface area contributed by atoms with E-state index in [2.05, 4.69) is 5.32 Å². The van der Waals surface area contributed by atoms with Crippen molar-refractivity contribution in [2.24, 2.45) is 0 Å². The van der Waals surface area contributed by atoms with Crippen LogP contribution in [0.15, 0.2) is 24.3 Å². The van der Waals surface area contributed by atoms with Gasteiger partial charge in [0.25, 0.3) is 0 Å². The molecule has 0 aromatic heterocycles. The highest BCUT2D eigenvalue weighted by Crippen LogP contribution is 2.23. The summed E-state index contributed by atoms with van der Waals surface area (Å²) in [5.41, 5.74) is -0.401. The van der Waals surface area contributed by atoms with Crippen molar-refractivity contribution in [2.75, 3.05) is 19.0 Å². The number of benzene rings is 1. The maximum Gasteiger partial charge on any atom is 0.141 e. The van der Waals surface area contributed by atoms with Crippen LogP contribution >= 0.6 is 0 Å². The molecule has 0 aliphatic carbocycles. The lowest BCUT2D eigenvalue weighted by Gasteiger charge is -2.17. The molecule has 0 unspecified atom stereocenters. The van der Waals surface area contributed by atoms with Gasteiger partial charge < -0.3 is 10.1 Å². The van der Waals surface area contributed by atoms with Gasteiger partial charge in [-0.05, 0) is 26.0 Å². The normalized spacial score (nSPS) is 11.1. The molecule has 0 aliphatic heterocycles. The monoisotopic (exact) mass is 197 g/mol. The first-order chi connectivity index (χ1) is 6.53. The highest BCUT2D eigenvalue weighted by atomic mass is 19.1. The lowest BCUT2D eigenvalue weighted by Crippen LogP contribution is -2.24. The van der Waals surface area contributed by atoms with E-state index >= 15 is 0 Å². The second-order valence-electron chi connectivity index (χ2n) is 3.77. The summed E-state index contributed by atoms with van der Waals surface area (Å²) >= 11 is 0. The minimum absolute atomic E-state index is 0.271. The zero-order valence-corrected chi connectivity index (χ0v) is 8.80. The summed E-state index contributed by atoms with van der Waals surface area (Å²) in [4.78, 5) is 0. The first-order valence-electron chi connectivity index (χ1n) is 4.59. The Morgan fingerprint density at radius 1 is 1.36 bits per heavy atom. The maximum atomic E-state index is 13.2. The van der Waals surface area contributed by atoms with E-state index in [0.29, 0.717) is 0 Å². The number of methoxy groups -OCH3 is 1. The Bertz CT molecular complexity index is 294. The van der Waals surface area contributed by atoms with Gasteiger partial charge in [0.05, 0.1) is 12.8 Å². The van der Waals surface area contributed by atoms with Gasteiger partial charge in [-0.25, -0.2) is 4.39 Å². The van der Waals surface area contributed by atoms with Crippen LogP contribution in [0.25, 0.3) is 0 Å². The highest BCUT2D eigenvalue weighted by Gasteiger charge is 2.15. The third kappa shape index (κ3) is 3.24. The van der Waals surface area contributed by atoms with Crippen molar-refractivity contribution in [3.05, 3.63) is 24.3 Å². The van der Waals surface area contributed by atoms with Crippen LogP contribution in [0.3, 0.4) is 0 Å². The van der Waals surface area contributed by atoms with E-state index < -0.39 is 5.67 Å². The Kier molecular flexibility index (Phi) is 3.33. The van der Waals surface area contributed by atoms with Gasteiger partial charge in [-0.3, -0.25) is 0 Å². The van der Waals surface area contributed by atoms with Crippen LogP contribution in [0.4, 0.5) is 10.1 Å². The number of anilines is 1. The summed E-state index contributed by atoms with van der Waals surface area (Å²) in [6.07, 6.45) is 0. The molecular weight excluding hydrogens is 181 g/mol. The van der Waals surface area contributed by atoms with Crippen LogP contribution in [0.5, 0.6) is 5.75 Å². The number of nitrogens with one attached hydrogen (secondary N) is 1. The first-order valence-corrected chi connectivity index (χ1v) is 4.59. The van der Waals surface area contributed by atoms with E-state index in [0.717, 1.165) is 11.4 Å². The van der Waals surface area contributed by atoms with Crippen LogP contribution in [-0.4, -0.2) is 19.3 Å². The maximum absolute atomic E-state index is 13.2. The van der Waals surface area contributed by atoms with Crippen LogP contribution in [0, 0.1) is 0 Å². The van der Waals surface area contributed by atoms with Gasteiger partial charge in [0.15, 0.2) is 0 Å². The third-order valence-electron chi connectivity index (χ3n) is 1.81. The van der Waals surface area contributed by atoms with Crippen molar-refractivity contribution in [2.45, 2.75) is 19.5 Å². The van der Waals surface area contributed by atoms with Crippen LogP contribution in [0.1, 0.15) is 13.8 Å². The molecule has 0 saturated carbocycles. The van der Waals surface area contributed by atoms with Crippen molar-refractivity contribution in [3.63, 3.8) is 0 Å². The van der Waals surface area contributed by atoms with Crippen molar-refractivity contribution in [1.82, 2.24) is 0 Å². The fourth-order valence-electron chi connectivity index (χ4n) is 1.10. The smallest absolute Gasteiger partial charge is 0.141 e. The number of hydrogen-bond acceptors (Lipinski definition) is 2. The van der Waals surface area contributed by atoms with Crippen LogP contribution < -0.4 is 10.1 Å². The highest BCUT2D eigenvalue weighted by molar-refractivity contribution is 5.56. The molecule has 0 aliphatic rings. The molecule has 0 atom stereocenters. The third-order valence-corrected chi connectivity index (χ3v) is 1.81. The Morgan fingerprint density at radius 3 is 2.57 bits per heavy atom. The van der Waals surface area contributed by atoms with Gasteiger partial charge in [-0.2, -0.15) is 0 Å². The summed E-state index contributed by atoms with van der Waals surface area (Å²) in [7, 11) is 1.60. The van der Waals surface area contributed by atoms with Gasteiger partial charge in [0.1, 0.15) is 11.4 Å². The van der Waals surface area contributed by atoms with Gasteiger partial charge >= 0.3 is 0 Å². The number of para-hydroxylation sites is 2. The molecule has 1 aromatic rings. The van der Waals surface area contributed by atoms with E-state index in [-0.39, 0.29) is 6.54 Å². The molecule has 0 fully saturated rings. The predicted octanol–water partition coefficient (Wildman–Crippen LogP) is 2.86. The Balaban J connectivity index is 2.67. The minimum Gasteiger partial charge on any atom is -0.495 e. The van der Waals surface area contributed by atoms with Gasteiger partial charge in [0.2, 0.25) is 0 Å². The molecule has 1 aromatic carbocycles. The van der Waals surface area contributed by atoms with Crippen molar-refractivity contribution < 1.29 is 9.13 Å². The Hall–Kier alpha value is -1.25. The van der Waals surface area contributed by atoms with Crippen molar-refractivity contribution in [1.29, 1.82) is 0 Å². The van der Waals surface area contributed by atoms with Crippen LogP contribution in [0.2, 0.25) is 0 Å². The largest absolute Gasteiger partial charge is 0.495 e. The fraction of sp³-hybridized carbons (Fsp3) is 0.455. The minimum atomic E-state index is -1.22. The Morgan fingerprint density at radius 2 is 2.00 bits per heavy atom. The van der Waals surface area contributed by atoms with Crippen molar-refractivity contribution >= 4 is 5.69 Å². The molecular formula is C11H16FNO. The topological polar surface area (TPSA) is 21.3 Å². The Labute approximate surface area is 84.1 Å². The number of alkyl halides is 1. The van der Waals surface area contributed by atoms with Gasteiger partial charge in [-0.15, -0.1) is 0 Å². The molecule has 0 heterocycles. The number of ether oxygens (including phenoxy) is 1. The average Bonchev–Trinajstić information content (AvgIpc) is 2.14. The lowest BCUT2D eigenvalue weighted by atomic mass is 10.1. The molecule has 0 spiro atoms. The van der Waals surface area contributed by atoms with E-state index in [4.69, 9.17) is 4.74 Å². The molecule has 3 heteroatoms. The van der Waals surface area contributed by atoms with Gasteiger partial charge in [-0.1, -0.05) is 12.1 Å². The van der Waals surface area contributed by atoms with Crippen molar-refractivity contribution in [3.8, 4) is 5.75 Å². The number of rotatable bonds is 4. The predicted molar refractivity (Wildman–Crippen MR) is 56.7 cm³/mol. The SMILES string of the molecule is COc1ccccc1NCC(C)(C)F. The zero-order valence-electron chi connectivity index (χ0n) is 8.80. The van der Waals surface area contributed by atoms with E-state index in [1.54, 1.807) is 7.11 Å². The molecule has 1 rings (SSSR count). The summed E-state index contributed by atoms with van der Waals surface area (Å²) in [5.74, 6) is 0.733.